The number of anilines is 1. The number of halogens is 2. The Morgan fingerprint density at radius 2 is 1.85 bits per heavy atom. The molecule has 0 spiro atoms. The second-order valence-corrected chi connectivity index (χ2v) is 8.15. The van der Waals surface area contributed by atoms with Crippen molar-refractivity contribution >= 4 is 46.6 Å². The van der Waals surface area contributed by atoms with Gasteiger partial charge in [0.05, 0.1) is 11.9 Å². The predicted octanol–water partition coefficient (Wildman–Crippen LogP) is 6.19. The van der Waals surface area contributed by atoms with E-state index in [2.05, 4.69) is 5.32 Å². The molecule has 1 amide bonds. The van der Waals surface area contributed by atoms with Crippen LogP contribution in [0.4, 0.5) is 5.69 Å². The Morgan fingerprint density at radius 3 is 2.54 bits per heavy atom. The summed E-state index contributed by atoms with van der Waals surface area (Å²) in [6, 6.07) is 13.0. The largest absolute Gasteiger partial charge is 0.490 e. The van der Waals surface area contributed by atoms with Gasteiger partial charge < -0.3 is 10.1 Å². The zero-order chi connectivity index (χ0) is 18.4. The molecule has 0 unspecified atom stereocenters. The first-order valence-corrected chi connectivity index (χ1v) is 10.6. The first kappa shape index (κ1) is 19.4. The van der Waals surface area contributed by atoms with Gasteiger partial charge in [-0.15, -0.1) is 11.8 Å². The Morgan fingerprint density at radius 1 is 1.12 bits per heavy atom. The molecule has 1 aliphatic rings. The Bertz CT molecular complexity index is 746. The van der Waals surface area contributed by atoms with Crippen LogP contribution in [-0.4, -0.2) is 17.8 Å². The maximum absolute atomic E-state index is 12.1. The van der Waals surface area contributed by atoms with E-state index in [9.17, 15) is 4.79 Å². The molecular formula is C20H21Cl2NO2S. The molecule has 6 heteroatoms. The molecule has 2 aromatic carbocycles. The molecule has 1 fully saturated rings. The number of thioether (sulfide) groups is 1. The molecule has 0 heterocycles. The van der Waals surface area contributed by atoms with Gasteiger partial charge in [-0.05, 0) is 67.6 Å². The number of benzene rings is 2. The number of carbonyl (C=O) groups is 1. The van der Waals surface area contributed by atoms with E-state index in [1.54, 1.807) is 12.1 Å². The van der Waals surface area contributed by atoms with Gasteiger partial charge in [0.1, 0.15) is 5.75 Å². The molecule has 1 aliphatic carbocycles. The zero-order valence-corrected chi connectivity index (χ0v) is 16.7. The number of amides is 1. The SMILES string of the molecule is O=C(CSCc1ccc(Cl)cc1Cl)Nc1ccc(OC2CCCC2)cc1. The molecule has 0 atom stereocenters. The molecule has 3 nitrogen and oxygen atoms in total. The molecule has 1 saturated carbocycles. The van der Waals surface area contributed by atoms with Crippen LogP contribution in [0.2, 0.25) is 10.0 Å². The van der Waals surface area contributed by atoms with Crippen LogP contribution in [0.15, 0.2) is 42.5 Å². The van der Waals surface area contributed by atoms with E-state index in [1.165, 1.54) is 24.6 Å². The number of ether oxygens (including phenoxy) is 1. The molecular weight excluding hydrogens is 389 g/mol. The Labute approximate surface area is 168 Å². The molecule has 26 heavy (non-hydrogen) atoms. The van der Waals surface area contributed by atoms with E-state index in [0.717, 1.165) is 29.8 Å². The van der Waals surface area contributed by atoms with Gasteiger partial charge in [-0.25, -0.2) is 0 Å². The zero-order valence-electron chi connectivity index (χ0n) is 14.3. The van der Waals surface area contributed by atoms with E-state index in [1.807, 2.05) is 30.3 Å². The normalized spacial score (nSPS) is 14.4. The highest BCUT2D eigenvalue weighted by atomic mass is 35.5. The summed E-state index contributed by atoms with van der Waals surface area (Å²) in [5, 5.41) is 4.14. The average molecular weight is 410 g/mol. The average Bonchev–Trinajstić information content (AvgIpc) is 3.12. The summed E-state index contributed by atoms with van der Waals surface area (Å²) in [4.78, 5) is 12.1. The minimum Gasteiger partial charge on any atom is -0.490 e. The number of carbonyl (C=O) groups excluding carboxylic acids is 1. The monoisotopic (exact) mass is 409 g/mol. The summed E-state index contributed by atoms with van der Waals surface area (Å²) < 4.78 is 5.93. The van der Waals surface area contributed by atoms with Crippen molar-refractivity contribution in [1.82, 2.24) is 0 Å². The summed E-state index contributed by atoms with van der Waals surface area (Å²) in [5.74, 6) is 1.85. The third kappa shape index (κ3) is 5.83. The first-order valence-electron chi connectivity index (χ1n) is 8.68. The van der Waals surface area contributed by atoms with E-state index in [0.29, 0.717) is 27.7 Å². The van der Waals surface area contributed by atoms with E-state index >= 15 is 0 Å². The number of hydrogen-bond acceptors (Lipinski definition) is 3. The van der Waals surface area contributed by atoms with E-state index < -0.39 is 0 Å². The maximum Gasteiger partial charge on any atom is 0.234 e. The minimum atomic E-state index is -0.0375. The van der Waals surface area contributed by atoms with Gasteiger partial charge in [0.15, 0.2) is 0 Å². The fourth-order valence-electron chi connectivity index (χ4n) is 2.90. The van der Waals surface area contributed by atoms with Crippen molar-refractivity contribution < 1.29 is 9.53 Å². The van der Waals surface area contributed by atoms with Crippen LogP contribution < -0.4 is 10.1 Å². The van der Waals surface area contributed by atoms with Crippen molar-refractivity contribution in [1.29, 1.82) is 0 Å². The van der Waals surface area contributed by atoms with Crippen molar-refractivity contribution in [2.24, 2.45) is 0 Å². The van der Waals surface area contributed by atoms with Gasteiger partial charge >= 0.3 is 0 Å². The van der Waals surface area contributed by atoms with E-state index in [4.69, 9.17) is 27.9 Å². The molecule has 0 bridgehead atoms. The smallest absolute Gasteiger partial charge is 0.234 e. The summed E-state index contributed by atoms with van der Waals surface area (Å²) in [6.45, 7) is 0. The highest BCUT2D eigenvalue weighted by molar-refractivity contribution is 7.99. The number of hydrogen-bond donors (Lipinski definition) is 1. The van der Waals surface area contributed by atoms with Crippen molar-refractivity contribution in [3.05, 3.63) is 58.1 Å². The fourth-order valence-corrected chi connectivity index (χ4v) is 4.29. The number of rotatable bonds is 7. The Hall–Kier alpha value is -1.36. The van der Waals surface area contributed by atoms with Crippen molar-refractivity contribution in [3.63, 3.8) is 0 Å². The van der Waals surface area contributed by atoms with Crippen LogP contribution in [0, 0.1) is 0 Å². The predicted molar refractivity (Wildman–Crippen MR) is 111 cm³/mol. The molecule has 2 aromatic rings. The van der Waals surface area contributed by atoms with Gasteiger partial charge in [0.25, 0.3) is 0 Å². The first-order chi connectivity index (χ1) is 12.6. The quantitative estimate of drug-likeness (QED) is 0.592. The van der Waals surface area contributed by atoms with Gasteiger partial charge in [-0.1, -0.05) is 29.3 Å². The van der Waals surface area contributed by atoms with Gasteiger partial charge in [0.2, 0.25) is 5.91 Å². The van der Waals surface area contributed by atoms with Crippen molar-refractivity contribution in [2.45, 2.75) is 37.5 Å². The lowest BCUT2D eigenvalue weighted by molar-refractivity contribution is -0.113. The van der Waals surface area contributed by atoms with Gasteiger partial charge in [0, 0.05) is 21.5 Å². The van der Waals surface area contributed by atoms with Crippen molar-refractivity contribution in [2.75, 3.05) is 11.1 Å². The summed E-state index contributed by atoms with van der Waals surface area (Å²) >= 11 is 13.5. The third-order valence-electron chi connectivity index (χ3n) is 4.25. The molecule has 138 valence electrons. The number of nitrogens with one attached hydrogen (secondary N) is 1. The topological polar surface area (TPSA) is 38.3 Å². The van der Waals surface area contributed by atoms with Gasteiger partial charge in [-0.3, -0.25) is 4.79 Å². The highest BCUT2D eigenvalue weighted by Gasteiger charge is 2.16. The van der Waals surface area contributed by atoms with Crippen LogP contribution in [0.1, 0.15) is 31.2 Å². The van der Waals surface area contributed by atoms with Gasteiger partial charge in [-0.2, -0.15) is 0 Å². The molecule has 1 N–H and O–H groups in total. The van der Waals surface area contributed by atoms with Crippen molar-refractivity contribution in [3.8, 4) is 5.75 Å². The highest BCUT2D eigenvalue weighted by Crippen LogP contribution is 2.26. The Balaban J connectivity index is 1.42. The molecule has 3 rings (SSSR count). The third-order valence-corrected chi connectivity index (χ3v) is 5.82. The standard InChI is InChI=1S/C20H21Cl2NO2S/c21-15-6-5-14(19(22)11-15)12-26-13-20(24)23-16-7-9-18(10-8-16)25-17-3-1-2-4-17/h5-11,17H,1-4,12-13H2,(H,23,24). The Kier molecular flexibility index (Phi) is 7.12. The van der Waals surface area contributed by atoms with E-state index in [-0.39, 0.29) is 5.91 Å². The fraction of sp³-hybridized carbons (Fsp3) is 0.350. The van der Waals surface area contributed by atoms with Crippen LogP contribution in [0.25, 0.3) is 0 Å². The second-order valence-electron chi connectivity index (χ2n) is 6.33. The van der Waals surface area contributed by atoms with Crippen LogP contribution in [0.3, 0.4) is 0 Å². The lowest BCUT2D eigenvalue weighted by Gasteiger charge is -2.13. The molecule has 0 aliphatic heterocycles. The van der Waals surface area contributed by atoms with Crippen LogP contribution in [-0.2, 0) is 10.5 Å². The minimum absolute atomic E-state index is 0.0375. The second kappa shape index (κ2) is 9.54. The molecule has 0 aromatic heterocycles. The molecule has 0 radical (unpaired) electrons. The summed E-state index contributed by atoms with van der Waals surface area (Å²) in [5.41, 5.74) is 1.75. The lowest BCUT2D eigenvalue weighted by Crippen LogP contribution is -2.14. The van der Waals surface area contributed by atoms with Crippen LogP contribution >= 0.6 is 35.0 Å². The maximum atomic E-state index is 12.1. The summed E-state index contributed by atoms with van der Waals surface area (Å²) in [7, 11) is 0. The molecule has 0 saturated heterocycles. The lowest BCUT2D eigenvalue weighted by atomic mass is 10.2. The van der Waals surface area contributed by atoms with Crippen LogP contribution in [0.5, 0.6) is 5.75 Å². The summed E-state index contributed by atoms with van der Waals surface area (Å²) in [6.07, 6.45) is 5.10.